The minimum atomic E-state index is -0.410. The molecular weight excluding hydrogens is 377 g/mol. The number of ether oxygens (including phenoxy) is 3. The average Bonchev–Trinajstić information content (AvgIpc) is 2.60. The third-order valence-corrected chi connectivity index (χ3v) is 4.27. The van der Waals surface area contributed by atoms with E-state index in [4.69, 9.17) is 25.4 Å². The van der Waals surface area contributed by atoms with Gasteiger partial charge in [0, 0.05) is 30.9 Å². The highest BCUT2D eigenvalue weighted by Crippen LogP contribution is 2.21. The van der Waals surface area contributed by atoms with Crippen LogP contribution < -0.4 is 10.1 Å². The fourth-order valence-corrected chi connectivity index (χ4v) is 2.37. The van der Waals surface area contributed by atoms with Gasteiger partial charge in [-0.2, -0.15) is 0 Å². The van der Waals surface area contributed by atoms with Crippen LogP contribution in [0.1, 0.15) is 20.3 Å². The summed E-state index contributed by atoms with van der Waals surface area (Å²) in [6.07, 6.45) is 2.65. The van der Waals surface area contributed by atoms with E-state index in [0.717, 1.165) is 5.69 Å². The van der Waals surface area contributed by atoms with Crippen molar-refractivity contribution >= 4 is 32.1 Å². The zero-order valence-corrected chi connectivity index (χ0v) is 17.2. The van der Waals surface area contributed by atoms with Crippen LogP contribution in [0.2, 0.25) is 0 Å². The van der Waals surface area contributed by atoms with E-state index < -0.39 is 5.82 Å². The second-order valence-corrected chi connectivity index (χ2v) is 9.17. The van der Waals surface area contributed by atoms with Gasteiger partial charge in [0.1, 0.15) is 13.2 Å². The molecule has 26 heavy (non-hydrogen) atoms. The van der Waals surface area contributed by atoms with Crippen molar-refractivity contribution in [3.8, 4) is 5.75 Å². The molecular formula is C18H28FNO4S2. The fourth-order valence-electron chi connectivity index (χ4n) is 1.82. The largest absolute Gasteiger partial charge is 0.488 e. The van der Waals surface area contributed by atoms with Crippen LogP contribution in [0.4, 0.5) is 10.1 Å². The van der Waals surface area contributed by atoms with E-state index in [1.807, 2.05) is 20.1 Å². The summed E-state index contributed by atoms with van der Waals surface area (Å²) in [5.74, 6) is 0.537. The van der Waals surface area contributed by atoms with Crippen molar-refractivity contribution in [1.29, 1.82) is 0 Å². The molecule has 0 bridgehead atoms. The predicted molar refractivity (Wildman–Crippen MR) is 107 cm³/mol. The number of carbonyl (C=O) groups is 1. The topological polar surface area (TPSA) is 56.8 Å². The molecule has 0 amide bonds. The quantitative estimate of drug-likeness (QED) is 0.480. The van der Waals surface area contributed by atoms with E-state index in [1.165, 1.54) is 6.07 Å². The molecule has 0 saturated heterocycles. The highest BCUT2D eigenvalue weighted by molar-refractivity contribution is 8.28. The van der Waals surface area contributed by atoms with Crippen LogP contribution in [-0.4, -0.2) is 51.0 Å². The van der Waals surface area contributed by atoms with Gasteiger partial charge < -0.3 is 19.5 Å². The van der Waals surface area contributed by atoms with E-state index in [2.05, 4.69) is 5.32 Å². The van der Waals surface area contributed by atoms with Crippen LogP contribution in [0.3, 0.4) is 0 Å². The van der Waals surface area contributed by atoms with Crippen molar-refractivity contribution in [3.05, 3.63) is 24.0 Å². The first kappa shape index (κ1) is 23.0. The lowest BCUT2D eigenvalue weighted by Crippen LogP contribution is -2.16. The molecule has 0 aliphatic carbocycles. The molecule has 0 saturated carbocycles. The van der Waals surface area contributed by atoms with Crippen molar-refractivity contribution in [2.75, 3.05) is 50.5 Å². The Labute approximate surface area is 162 Å². The van der Waals surface area contributed by atoms with Gasteiger partial charge in [0.25, 0.3) is 0 Å². The molecule has 0 aliphatic rings. The van der Waals surface area contributed by atoms with Crippen molar-refractivity contribution in [2.45, 2.75) is 20.3 Å². The summed E-state index contributed by atoms with van der Waals surface area (Å²) in [5, 5.41) is 3.15. The number of ketones is 1. The Morgan fingerprint density at radius 1 is 1.23 bits per heavy atom. The first-order valence-electron chi connectivity index (χ1n) is 8.54. The first-order valence-corrected chi connectivity index (χ1v) is 11.3. The van der Waals surface area contributed by atoms with Crippen LogP contribution in [0.5, 0.6) is 5.75 Å². The van der Waals surface area contributed by atoms with Gasteiger partial charge in [-0.25, -0.2) is 4.39 Å². The number of hydrogen-bond donors (Lipinski definition) is 1. The minimum Gasteiger partial charge on any atom is -0.488 e. The van der Waals surface area contributed by atoms with E-state index in [-0.39, 0.29) is 40.1 Å². The molecule has 148 valence electrons. The molecule has 1 unspecified atom stereocenters. The molecule has 1 rings (SSSR count). The second kappa shape index (κ2) is 13.1. The van der Waals surface area contributed by atoms with Gasteiger partial charge in [-0.15, -0.1) is 9.45 Å². The van der Waals surface area contributed by atoms with Gasteiger partial charge >= 0.3 is 0 Å². The Kier molecular flexibility index (Phi) is 11.6. The van der Waals surface area contributed by atoms with Gasteiger partial charge in [-0.3, -0.25) is 4.79 Å². The molecule has 0 spiro atoms. The molecule has 0 fully saturated rings. The highest BCUT2D eigenvalue weighted by atomic mass is 32.8. The van der Waals surface area contributed by atoms with Crippen molar-refractivity contribution in [3.63, 3.8) is 0 Å². The maximum Gasteiger partial charge on any atom is 0.165 e. The normalized spacial score (nSPS) is 12.2. The first-order chi connectivity index (χ1) is 12.4. The standard InChI is InChI=1S/C18H28FNO4S2/c1-14(2)17(21)12-23-8-4-7-22-9-10-24-18-11-15(5-6-16(18)19)20-13-26(3)25/h5-6,11,14,20H,4,7-10,12-13H2,1-3H3. The number of hydrogen-bond acceptors (Lipinski definition) is 6. The lowest BCUT2D eigenvalue weighted by atomic mass is 10.1. The smallest absolute Gasteiger partial charge is 0.165 e. The number of anilines is 1. The molecule has 5 nitrogen and oxygen atoms in total. The van der Waals surface area contributed by atoms with Gasteiger partial charge in [0.05, 0.1) is 12.5 Å². The summed E-state index contributed by atoms with van der Waals surface area (Å²) in [6, 6.07) is 4.65. The lowest BCUT2D eigenvalue weighted by molar-refractivity contribution is -0.126. The third kappa shape index (κ3) is 10.2. The molecule has 0 heterocycles. The molecule has 1 N–H and O–H groups in total. The second-order valence-electron chi connectivity index (χ2n) is 6.03. The number of Topliss-reactive ketones (excluding diaryl/α,β-unsaturated/α-hetero) is 1. The van der Waals surface area contributed by atoms with Crippen LogP contribution in [0, 0.1) is 11.7 Å². The van der Waals surface area contributed by atoms with E-state index >= 15 is 0 Å². The zero-order valence-electron chi connectivity index (χ0n) is 15.6. The average molecular weight is 406 g/mol. The molecule has 1 aromatic carbocycles. The zero-order chi connectivity index (χ0) is 19.4. The molecule has 0 radical (unpaired) electrons. The maximum absolute atomic E-state index is 13.7. The minimum absolute atomic E-state index is 0.00210. The van der Waals surface area contributed by atoms with Crippen molar-refractivity contribution in [1.82, 2.24) is 0 Å². The summed E-state index contributed by atoms with van der Waals surface area (Å²) < 4.78 is 29.9. The maximum atomic E-state index is 13.7. The van der Waals surface area contributed by atoms with E-state index in [9.17, 15) is 9.18 Å². The van der Waals surface area contributed by atoms with Crippen molar-refractivity contribution in [2.24, 2.45) is 5.92 Å². The predicted octanol–water partition coefficient (Wildman–Crippen LogP) is 2.93. The monoisotopic (exact) mass is 405 g/mol. The van der Waals surface area contributed by atoms with Gasteiger partial charge in [-0.1, -0.05) is 25.0 Å². The molecule has 8 heteroatoms. The fraction of sp³-hybridized carbons (Fsp3) is 0.611. The van der Waals surface area contributed by atoms with Crippen LogP contribution in [-0.2, 0) is 34.9 Å². The number of carbonyl (C=O) groups excluding carboxylic acids is 1. The van der Waals surface area contributed by atoms with Gasteiger partial charge in [-0.05, 0) is 24.8 Å². The number of halogens is 1. The Morgan fingerprint density at radius 3 is 2.65 bits per heavy atom. The summed E-state index contributed by atoms with van der Waals surface area (Å²) >= 11 is 5.12. The number of benzene rings is 1. The summed E-state index contributed by atoms with van der Waals surface area (Å²) in [6.45, 7) is 5.44. The molecule has 1 atom stereocenters. The number of rotatable bonds is 14. The molecule has 0 aliphatic heterocycles. The van der Waals surface area contributed by atoms with Crippen LogP contribution in [0.25, 0.3) is 0 Å². The van der Waals surface area contributed by atoms with E-state index in [1.54, 1.807) is 12.1 Å². The SMILES string of the molecule is CC(C)C(=O)COCCCOCCOc1cc(NCS(C)=S)ccc1F. The van der Waals surface area contributed by atoms with E-state index in [0.29, 0.717) is 32.1 Å². The summed E-state index contributed by atoms with van der Waals surface area (Å²) in [7, 11) is -0.156. The Hall–Kier alpha value is -1.09. The van der Waals surface area contributed by atoms with Crippen LogP contribution in [0.15, 0.2) is 18.2 Å². The van der Waals surface area contributed by atoms with Crippen LogP contribution >= 0.6 is 0 Å². The lowest BCUT2D eigenvalue weighted by Gasteiger charge is -2.11. The molecule has 1 aromatic rings. The summed E-state index contributed by atoms with van der Waals surface area (Å²) in [5.41, 5.74) is 0.777. The third-order valence-electron chi connectivity index (χ3n) is 3.36. The van der Waals surface area contributed by atoms with Crippen molar-refractivity contribution < 1.29 is 23.4 Å². The Morgan fingerprint density at radius 2 is 1.96 bits per heavy atom. The molecule has 0 aromatic heterocycles. The number of nitrogens with one attached hydrogen (secondary N) is 1. The Bertz CT molecular complexity index is 584. The van der Waals surface area contributed by atoms with Gasteiger partial charge in [0.15, 0.2) is 17.3 Å². The Balaban J connectivity index is 2.14. The highest BCUT2D eigenvalue weighted by Gasteiger charge is 2.07. The summed E-state index contributed by atoms with van der Waals surface area (Å²) in [4.78, 5) is 11.4. The van der Waals surface area contributed by atoms with Gasteiger partial charge in [0.2, 0.25) is 0 Å².